The van der Waals surface area contributed by atoms with Crippen LogP contribution >= 0.6 is 0 Å². The molecule has 0 unspecified atom stereocenters. The fraction of sp³-hybridized carbons (Fsp3) is 0.600. The van der Waals surface area contributed by atoms with Crippen LogP contribution in [0.2, 0.25) is 0 Å². The number of anilines is 1. The maximum absolute atomic E-state index is 13.9. The molecule has 1 N–H and O–H groups in total. The van der Waals surface area contributed by atoms with Crippen LogP contribution in [-0.4, -0.2) is 61.1 Å². The van der Waals surface area contributed by atoms with E-state index in [1.807, 2.05) is 0 Å². The third-order valence-corrected chi connectivity index (χ3v) is 7.52. The lowest BCUT2D eigenvalue weighted by Crippen LogP contribution is -2.32. The van der Waals surface area contributed by atoms with Gasteiger partial charge in [-0.15, -0.1) is 10.2 Å². The Balaban J connectivity index is 1.25. The van der Waals surface area contributed by atoms with Gasteiger partial charge in [0.2, 0.25) is 0 Å². The van der Waals surface area contributed by atoms with Gasteiger partial charge in [-0.3, -0.25) is 0 Å². The van der Waals surface area contributed by atoms with Crippen LogP contribution in [0.15, 0.2) is 24.3 Å². The van der Waals surface area contributed by atoms with Gasteiger partial charge in [0.25, 0.3) is 6.43 Å². The second kappa shape index (κ2) is 10.1. The van der Waals surface area contributed by atoms with Crippen molar-refractivity contribution in [3.8, 4) is 17.0 Å². The summed E-state index contributed by atoms with van der Waals surface area (Å²) in [7, 11) is 1.44. The van der Waals surface area contributed by atoms with Gasteiger partial charge in [0, 0.05) is 44.5 Å². The summed E-state index contributed by atoms with van der Waals surface area (Å²) in [6.45, 7) is 5.03. The van der Waals surface area contributed by atoms with Crippen LogP contribution in [0.5, 0.6) is 5.75 Å². The zero-order valence-corrected chi connectivity index (χ0v) is 19.4. The average molecular weight is 477 g/mol. The molecule has 9 heteroatoms. The number of rotatable bonds is 7. The number of alkyl halides is 2. The van der Waals surface area contributed by atoms with E-state index in [-0.39, 0.29) is 23.1 Å². The van der Waals surface area contributed by atoms with Crippen molar-refractivity contribution >= 4 is 5.82 Å². The second-order valence-electron chi connectivity index (χ2n) is 9.79. The van der Waals surface area contributed by atoms with E-state index < -0.39 is 12.2 Å². The van der Waals surface area contributed by atoms with Gasteiger partial charge in [0.05, 0.1) is 18.4 Å². The molecule has 3 heterocycles. The Morgan fingerprint density at radius 3 is 2.53 bits per heavy atom. The SMILES string of the molecule is COc1ccc(F)cc1-c1cc(C(F)F)c(NC2C[C@@H]3CN(CC4CCOCC4)C[C@H]3C2)nn1. The quantitative estimate of drug-likeness (QED) is 0.621. The predicted octanol–water partition coefficient (Wildman–Crippen LogP) is 4.78. The van der Waals surface area contributed by atoms with Crippen molar-refractivity contribution in [3.63, 3.8) is 0 Å². The zero-order valence-electron chi connectivity index (χ0n) is 19.4. The van der Waals surface area contributed by atoms with Crippen molar-refractivity contribution < 1.29 is 22.6 Å². The predicted molar refractivity (Wildman–Crippen MR) is 123 cm³/mol. The van der Waals surface area contributed by atoms with E-state index in [0.717, 1.165) is 64.4 Å². The molecule has 3 fully saturated rings. The monoisotopic (exact) mass is 476 g/mol. The highest BCUT2D eigenvalue weighted by Crippen LogP contribution is 2.41. The smallest absolute Gasteiger partial charge is 0.267 e. The Labute approximate surface area is 197 Å². The minimum atomic E-state index is -2.73. The van der Waals surface area contributed by atoms with E-state index in [4.69, 9.17) is 9.47 Å². The van der Waals surface area contributed by atoms with Crippen molar-refractivity contribution in [3.05, 3.63) is 35.6 Å². The van der Waals surface area contributed by atoms with Crippen molar-refractivity contribution in [2.45, 2.75) is 38.2 Å². The first-order valence-corrected chi connectivity index (χ1v) is 12.1. The average Bonchev–Trinajstić information content (AvgIpc) is 3.37. The molecule has 2 saturated heterocycles. The van der Waals surface area contributed by atoms with Crippen LogP contribution < -0.4 is 10.1 Å². The summed E-state index contributed by atoms with van der Waals surface area (Å²) in [6, 6.07) is 5.30. The highest BCUT2D eigenvalue weighted by Gasteiger charge is 2.41. The van der Waals surface area contributed by atoms with Crippen LogP contribution in [0.4, 0.5) is 19.0 Å². The summed E-state index contributed by atoms with van der Waals surface area (Å²) in [5, 5.41) is 11.5. The highest BCUT2D eigenvalue weighted by atomic mass is 19.3. The molecular weight excluding hydrogens is 445 g/mol. The molecule has 6 nitrogen and oxygen atoms in total. The van der Waals surface area contributed by atoms with Crippen LogP contribution in [0, 0.1) is 23.6 Å². The van der Waals surface area contributed by atoms with Gasteiger partial charge >= 0.3 is 0 Å². The van der Waals surface area contributed by atoms with Crippen molar-refractivity contribution in [1.29, 1.82) is 0 Å². The van der Waals surface area contributed by atoms with Crippen molar-refractivity contribution in [2.75, 3.05) is 45.3 Å². The Kier molecular flexibility index (Phi) is 6.92. The van der Waals surface area contributed by atoms with E-state index in [0.29, 0.717) is 23.1 Å². The number of nitrogens with one attached hydrogen (secondary N) is 1. The van der Waals surface area contributed by atoms with Crippen molar-refractivity contribution in [2.24, 2.45) is 17.8 Å². The lowest BCUT2D eigenvalue weighted by molar-refractivity contribution is 0.0545. The van der Waals surface area contributed by atoms with Crippen molar-refractivity contribution in [1.82, 2.24) is 15.1 Å². The van der Waals surface area contributed by atoms with E-state index >= 15 is 0 Å². The Hall–Kier alpha value is -2.39. The summed E-state index contributed by atoms with van der Waals surface area (Å²) in [4.78, 5) is 2.58. The third-order valence-electron chi connectivity index (χ3n) is 7.52. The number of benzene rings is 1. The van der Waals surface area contributed by atoms with E-state index in [1.54, 1.807) is 0 Å². The fourth-order valence-corrected chi connectivity index (χ4v) is 5.85. The molecule has 2 atom stereocenters. The van der Waals surface area contributed by atoms with Gasteiger partial charge in [0.15, 0.2) is 5.82 Å². The fourth-order valence-electron chi connectivity index (χ4n) is 5.85. The lowest BCUT2D eigenvalue weighted by atomic mass is 10.00. The van der Waals surface area contributed by atoms with Crippen LogP contribution in [0.25, 0.3) is 11.3 Å². The summed E-state index contributed by atoms with van der Waals surface area (Å²) < 4.78 is 52.4. The molecule has 1 aromatic heterocycles. The molecule has 0 spiro atoms. The summed E-state index contributed by atoms with van der Waals surface area (Å²) in [5.74, 6) is 1.85. The number of nitrogens with zero attached hydrogens (tertiary/aromatic N) is 3. The summed E-state index contributed by atoms with van der Waals surface area (Å²) >= 11 is 0. The van der Waals surface area contributed by atoms with Crippen LogP contribution in [0.1, 0.15) is 37.7 Å². The molecule has 0 amide bonds. The maximum atomic E-state index is 13.9. The lowest BCUT2D eigenvalue weighted by Gasteiger charge is -2.28. The second-order valence-corrected chi connectivity index (χ2v) is 9.79. The Morgan fingerprint density at radius 2 is 1.85 bits per heavy atom. The van der Waals surface area contributed by atoms with Crippen LogP contribution in [0.3, 0.4) is 0 Å². The molecule has 34 heavy (non-hydrogen) atoms. The molecule has 184 valence electrons. The van der Waals surface area contributed by atoms with Gasteiger partial charge in [-0.25, -0.2) is 13.2 Å². The molecule has 1 saturated carbocycles. The molecule has 0 radical (unpaired) electrons. The first-order chi connectivity index (χ1) is 16.5. The summed E-state index contributed by atoms with van der Waals surface area (Å²) in [6.07, 6.45) is 1.44. The Bertz CT molecular complexity index is 988. The first-order valence-electron chi connectivity index (χ1n) is 12.1. The van der Waals surface area contributed by atoms with Gasteiger partial charge < -0.3 is 19.7 Å². The number of ether oxygens (including phenoxy) is 2. The molecule has 1 aliphatic carbocycles. The summed E-state index contributed by atoms with van der Waals surface area (Å²) in [5.41, 5.74) is 0.224. The minimum absolute atomic E-state index is 0.0987. The van der Waals surface area contributed by atoms with Gasteiger partial charge in [0.1, 0.15) is 11.6 Å². The number of hydrogen-bond donors (Lipinski definition) is 1. The van der Waals surface area contributed by atoms with Gasteiger partial charge in [-0.1, -0.05) is 0 Å². The van der Waals surface area contributed by atoms with Gasteiger partial charge in [-0.2, -0.15) is 0 Å². The van der Waals surface area contributed by atoms with E-state index in [9.17, 15) is 13.2 Å². The van der Waals surface area contributed by atoms with E-state index in [1.165, 1.54) is 31.4 Å². The highest BCUT2D eigenvalue weighted by molar-refractivity contribution is 5.68. The minimum Gasteiger partial charge on any atom is -0.496 e. The number of aromatic nitrogens is 2. The maximum Gasteiger partial charge on any atom is 0.267 e. The third kappa shape index (κ3) is 5.00. The molecule has 1 aromatic carbocycles. The largest absolute Gasteiger partial charge is 0.496 e. The number of halogens is 3. The molecule has 2 aliphatic heterocycles. The Morgan fingerprint density at radius 1 is 1.12 bits per heavy atom. The van der Waals surface area contributed by atoms with Gasteiger partial charge in [-0.05, 0) is 67.7 Å². The normalized spacial score (nSPS) is 24.0. The molecule has 3 aliphatic rings. The molecule has 5 rings (SSSR count). The standard InChI is InChI=1S/C25H31F3N4O2/c1-33-23-3-2-18(26)10-20(23)22-11-21(24(27)28)25(31-30-22)29-19-8-16-13-32(14-17(16)9-19)12-15-4-6-34-7-5-15/h2-3,10-11,15-17,19,24H,4-9,12-14H2,1H3,(H,29,31)/t16-,17-/m1/s1. The topological polar surface area (TPSA) is 59.5 Å². The number of hydrogen-bond acceptors (Lipinski definition) is 6. The number of fused-ring (bicyclic) bond motifs is 1. The first kappa shape index (κ1) is 23.4. The molecule has 2 aromatic rings. The molecular formula is C25H31F3N4O2. The van der Waals surface area contributed by atoms with Crippen LogP contribution in [-0.2, 0) is 4.74 Å². The zero-order chi connectivity index (χ0) is 23.7. The number of likely N-dealkylation sites (tertiary alicyclic amines) is 1. The number of methoxy groups -OCH3 is 1. The molecule has 0 bridgehead atoms. The van der Waals surface area contributed by atoms with E-state index in [2.05, 4.69) is 20.4 Å².